The average molecular weight is 265 g/mol. The number of hydrogen-bond donors (Lipinski definition) is 2. The second-order valence-electron chi connectivity index (χ2n) is 3.50. The molecule has 4 nitrogen and oxygen atoms in total. The Morgan fingerprint density at radius 3 is 2.78 bits per heavy atom. The van der Waals surface area contributed by atoms with Crippen LogP contribution in [0.2, 0.25) is 5.02 Å². The third-order valence-electron chi connectivity index (χ3n) is 2.40. The molecule has 0 spiro atoms. The van der Waals surface area contributed by atoms with E-state index in [9.17, 15) is 14.3 Å². The highest BCUT2D eigenvalue weighted by Crippen LogP contribution is 2.31. The molecule has 1 heterocycles. The minimum absolute atomic E-state index is 0.0469. The Bertz CT molecular complexity index is 719. The molecule has 0 unspecified atom stereocenters. The molecule has 1 aromatic carbocycles. The van der Waals surface area contributed by atoms with Gasteiger partial charge in [0.15, 0.2) is 0 Å². The Balaban J connectivity index is 2.71. The van der Waals surface area contributed by atoms with E-state index < -0.39 is 17.1 Å². The van der Waals surface area contributed by atoms with E-state index in [-0.39, 0.29) is 21.7 Å². The third-order valence-corrected chi connectivity index (χ3v) is 2.69. The fourth-order valence-electron chi connectivity index (χ4n) is 1.53. The molecule has 0 aliphatic carbocycles. The second kappa shape index (κ2) is 4.51. The van der Waals surface area contributed by atoms with Gasteiger partial charge in [-0.25, -0.2) is 4.39 Å². The van der Waals surface area contributed by atoms with Gasteiger partial charge in [0.1, 0.15) is 17.6 Å². The van der Waals surface area contributed by atoms with Crippen molar-refractivity contribution in [3.05, 3.63) is 51.2 Å². The van der Waals surface area contributed by atoms with Gasteiger partial charge in [-0.15, -0.1) is 0 Å². The van der Waals surface area contributed by atoms with Crippen molar-refractivity contribution >= 4 is 11.6 Å². The van der Waals surface area contributed by atoms with Crippen LogP contribution in [0.25, 0.3) is 11.1 Å². The molecule has 0 radical (unpaired) electrons. The SMILES string of the molecule is N#Cc1ccc(-c2c(O)c(Cl)c[nH]c2=O)cc1F. The molecule has 2 rings (SSSR count). The molecule has 0 aliphatic rings. The van der Waals surface area contributed by atoms with Crippen LogP contribution in [0.15, 0.2) is 29.2 Å². The lowest BCUT2D eigenvalue weighted by molar-refractivity contribution is 0.476. The molecule has 0 amide bonds. The molecule has 0 atom stereocenters. The number of aromatic nitrogens is 1. The summed E-state index contributed by atoms with van der Waals surface area (Å²) in [5.74, 6) is -1.20. The van der Waals surface area contributed by atoms with Crippen molar-refractivity contribution in [3.63, 3.8) is 0 Å². The first kappa shape index (κ1) is 12.1. The van der Waals surface area contributed by atoms with E-state index in [1.807, 2.05) is 0 Å². The number of hydrogen-bond acceptors (Lipinski definition) is 3. The summed E-state index contributed by atoms with van der Waals surface area (Å²) in [6, 6.07) is 5.25. The largest absolute Gasteiger partial charge is 0.505 e. The van der Waals surface area contributed by atoms with Crippen LogP contribution in [0.5, 0.6) is 5.75 Å². The van der Waals surface area contributed by atoms with Crippen molar-refractivity contribution < 1.29 is 9.50 Å². The van der Waals surface area contributed by atoms with Gasteiger partial charge in [-0.2, -0.15) is 5.26 Å². The molecule has 0 bridgehead atoms. The minimum Gasteiger partial charge on any atom is -0.505 e. The van der Waals surface area contributed by atoms with Crippen molar-refractivity contribution in [2.24, 2.45) is 0 Å². The van der Waals surface area contributed by atoms with Crippen LogP contribution >= 0.6 is 11.6 Å². The van der Waals surface area contributed by atoms with Crippen molar-refractivity contribution in [2.45, 2.75) is 0 Å². The Kier molecular flexibility index (Phi) is 3.04. The number of nitrogens with zero attached hydrogens (tertiary/aromatic N) is 1. The number of benzene rings is 1. The molecule has 18 heavy (non-hydrogen) atoms. The molecule has 90 valence electrons. The first-order chi connectivity index (χ1) is 8.54. The predicted molar refractivity (Wildman–Crippen MR) is 63.8 cm³/mol. The van der Waals surface area contributed by atoms with E-state index in [2.05, 4.69) is 4.98 Å². The van der Waals surface area contributed by atoms with E-state index >= 15 is 0 Å². The van der Waals surface area contributed by atoms with E-state index in [4.69, 9.17) is 16.9 Å². The number of nitriles is 1. The lowest BCUT2D eigenvalue weighted by Gasteiger charge is -2.05. The standard InChI is InChI=1S/C12H6ClFN2O2/c13-8-5-16-12(18)10(11(8)17)6-1-2-7(4-15)9(14)3-6/h1-3,5H,(H2,16,17,18). The van der Waals surface area contributed by atoms with E-state index in [1.54, 1.807) is 6.07 Å². The van der Waals surface area contributed by atoms with Crippen molar-refractivity contribution in [1.82, 2.24) is 4.98 Å². The maximum absolute atomic E-state index is 13.5. The van der Waals surface area contributed by atoms with Gasteiger partial charge >= 0.3 is 0 Å². The van der Waals surface area contributed by atoms with Gasteiger partial charge in [0.05, 0.1) is 16.1 Å². The normalized spacial score (nSPS) is 10.1. The van der Waals surface area contributed by atoms with Gasteiger partial charge in [0.25, 0.3) is 5.56 Å². The van der Waals surface area contributed by atoms with Crippen LogP contribution in [-0.4, -0.2) is 10.1 Å². The number of halogens is 2. The fourth-order valence-corrected chi connectivity index (χ4v) is 1.67. The molecule has 2 N–H and O–H groups in total. The number of nitrogens with one attached hydrogen (secondary N) is 1. The van der Waals surface area contributed by atoms with Gasteiger partial charge in [-0.1, -0.05) is 17.7 Å². The van der Waals surface area contributed by atoms with Gasteiger partial charge in [0.2, 0.25) is 0 Å². The summed E-state index contributed by atoms with van der Waals surface area (Å²) in [6.45, 7) is 0. The Hall–Kier alpha value is -2.32. The van der Waals surface area contributed by atoms with Crippen molar-refractivity contribution in [1.29, 1.82) is 5.26 Å². The molecule has 0 fully saturated rings. The average Bonchev–Trinajstić information content (AvgIpc) is 2.35. The predicted octanol–water partition coefficient (Wildman–Crippen LogP) is 2.41. The van der Waals surface area contributed by atoms with Crippen LogP contribution in [0.3, 0.4) is 0 Å². The third kappa shape index (κ3) is 1.94. The van der Waals surface area contributed by atoms with Crippen LogP contribution in [0.1, 0.15) is 5.56 Å². The maximum atomic E-state index is 13.5. The lowest BCUT2D eigenvalue weighted by atomic mass is 10.0. The van der Waals surface area contributed by atoms with Gasteiger partial charge < -0.3 is 10.1 Å². The molecular formula is C12H6ClFN2O2. The first-order valence-electron chi connectivity index (χ1n) is 4.84. The van der Waals surface area contributed by atoms with Crippen LogP contribution < -0.4 is 5.56 Å². The van der Waals surface area contributed by atoms with Crippen molar-refractivity contribution in [2.75, 3.05) is 0 Å². The molecule has 6 heteroatoms. The molecular weight excluding hydrogens is 259 g/mol. The quantitative estimate of drug-likeness (QED) is 0.830. The molecule has 0 aliphatic heterocycles. The van der Waals surface area contributed by atoms with Crippen LogP contribution in [0, 0.1) is 17.1 Å². The van der Waals surface area contributed by atoms with E-state index in [0.29, 0.717) is 0 Å². The number of rotatable bonds is 1. The first-order valence-corrected chi connectivity index (χ1v) is 5.22. The summed E-state index contributed by atoms with van der Waals surface area (Å²) in [6.07, 6.45) is 1.14. The number of H-pyrrole nitrogens is 1. The fraction of sp³-hybridized carbons (Fsp3) is 0. The zero-order valence-electron chi connectivity index (χ0n) is 8.87. The lowest BCUT2D eigenvalue weighted by Crippen LogP contribution is -2.08. The van der Waals surface area contributed by atoms with Gasteiger partial charge in [0, 0.05) is 6.20 Å². The molecule has 0 saturated heterocycles. The topological polar surface area (TPSA) is 76.9 Å². The number of aromatic hydroxyl groups is 1. The van der Waals surface area contributed by atoms with Gasteiger partial charge in [-0.3, -0.25) is 4.79 Å². The Labute approximate surface area is 106 Å². The summed E-state index contributed by atoms with van der Waals surface area (Å²) in [5, 5.41) is 18.3. The highest BCUT2D eigenvalue weighted by Gasteiger charge is 2.14. The van der Waals surface area contributed by atoms with Gasteiger partial charge in [-0.05, 0) is 17.7 Å². The number of pyridine rings is 1. The summed E-state index contributed by atoms with van der Waals surface area (Å²) in [7, 11) is 0. The summed E-state index contributed by atoms with van der Waals surface area (Å²) < 4.78 is 13.5. The van der Waals surface area contributed by atoms with Crippen LogP contribution in [-0.2, 0) is 0 Å². The summed E-state index contributed by atoms with van der Waals surface area (Å²) >= 11 is 5.67. The second-order valence-corrected chi connectivity index (χ2v) is 3.90. The van der Waals surface area contributed by atoms with E-state index in [0.717, 1.165) is 12.3 Å². The maximum Gasteiger partial charge on any atom is 0.259 e. The highest BCUT2D eigenvalue weighted by molar-refractivity contribution is 6.32. The smallest absolute Gasteiger partial charge is 0.259 e. The number of aromatic amines is 1. The molecule has 1 aromatic heterocycles. The summed E-state index contributed by atoms with van der Waals surface area (Å²) in [4.78, 5) is 13.9. The van der Waals surface area contributed by atoms with Crippen molar-refractivity contribution in [3.8, 4) is 22.9 Å². The molecule has 0 saturated carbocycles. The minimum atomic E-state index is -0.770. The zero-order valence-corrected chi connectivity index (χ0v) is 9.62. The summed E-state index contributed by atoms with van der Waals surface area (Å²) in [5.41, 5.74) is -0.726. The molecule has 2 aromatic rings. The van der Waals surface area contributed by atoms with E-state index in [1.165, 1.54) is 12.1 Å². The monoisotopic (exact) mass is 264 g/mol. The highest BCUT2D eigenvalue weighted by atomic mass is 35.5. The Morgan fingerprint density at radius 2 is 2.17 bits per heavy atom. The Morgan fingerprint density at radius 1 is 1.44 bits per heavy atom. The zero-order chi connectivity index (χ0) is 13.3. The van der Waals surface area contributed by atoms with Crippen LogP contribution in [0.4, 0.5) is 4.39 Å².